The van der Waals surface area contributed by atoms with E-state index < -0.39 is 23.5 Å². The summed E-state index contributed by atoms with van der Waals surface area (Å²) in [7, 11) is 0. The Kier molecular flexibility index (Phi) is 5.48. The monoisotopic (exact) mass is 413 g/mol. The van der Waals surface area contributed by atoms with Crippen molar-refractivity contribution in [1.82, 2.24) is 14.5 Å². The second-order valence-electron chi connectivity index (χ2n) is 7.11. The maximum absolute atomic E-state index is 13.2. The second-order valence-corrected chi connectivity index (χ2v) is 7.11. The fraction of sp³-hybridized carbons (Fsp3) is 0.421. The van der Waals surface area contributed by atoms with Crippen molar-refractivity contribution < 1.29 is 32.3 Å². The van der Waals surface area contributed by atoms with E-state index in [0.29, 0.717) is 37.4 Å². The van der Waals surface area contributed by atoms with Gasteiger partial charge in [0, 0.05) is 36.6 Å². The summed E-state index contributed by atoms with van der Waals surface area (Å²) in [6.07, 6.45) is -2.36. The van der Waals surface area contributed by atoms with E-state index in [1.165, 1.54) is 30.5 Å². The van der Waals surface area contributed by atoms with Gasteiger partial charge in [-0.15, -0.1) is 0 Å². The first-order chi connectivity index (χ1) is 13.6. The van der Waals surface area contributed by atoms with Gasteiger partial charge < -0.3 is 10.0 Å². The van der Waals surface area contributed by atoms with Crippen molar-refractivity contribution in [2.75, 3.05) is 13.1 Å². The lowest BCUT2D eigenvalue weighted by Gasteiger charge is -2.37. The highest BCUT2D eigenvalue weighted by atomic mass is 19.4. The first-order valence-electron chi connectivity index (χ1n) is 8.93. The Morgan fingerprint density at radius 2 is 1.79 bits per heavy atom. The lowest BCUT2D eigenvalue weighted by molar-refractivity contribution is -0.250. The summed E-state index contributed by atoms with van der Waals surface area (Å²) >= 11 is 0. The number of imidazole rings is 1. The van der Waals surface area contributed by atoms with Gasteiger partial charge in [-0.3, -0.25) is 14.2 Å². The molecule has 1 amide bonds. The Labute approximate surface area is 163 Å². The molecule has 0 bridgehead atoms. The Morgan fingerprint density at radius 3 is 2.31 bits per heavy atom. The standard InChI is InChI=1S/C19H19F4N3O3/c1-18(29,19(21,22)23)17(28)25-8-6-12(7-9-25)15-10-24-16(11-27)26(15)14-4-2-13(20)3-5-14/h2-5,10-12,29H,6-9H2,1H3/t18-/m1/s1. The Morgan fingerprint density at radius 1 is 1.21 bits per heavy atom. The van der Waals surface area contributed by atoms with E-state index >= 15 is 0 Å². The van der Waals surface area contributed by atoms with Crippen molar-refractivity contribution in [1.29, 1.82) is 0 Å². The highest BCUT2D eigenvalue weighted by molar-refractivity contribution is 5.85. The molecule has 1 aliphatic rings. The van der Waals surface area contributed by atoms with Crippen molar-refractivity contribution >= 4 is 12.2 Å². The average Bonchev–Trinajstić information content (AvgIpc) is 3.11. The first-order valence-corrected chi connectivity index (χ1v) is 8.93. The summed E-state index contributed by atoms with van der Waals surface area (Å²) in [5.41, 5.74) is -2.27. The molecule has 1 saturated heterocycles. The summed E-state index contributed by atoms with van der Waals surface area (Å²) in [6.45, 7) is 0.475. The molecule has 10 heteroatoms. The number of aldehydes is 1. The highest BCUT2D eigenvalue weighted by Crippen LogP contribution is 2.35. The molecule has 0 spiro atoms. The summed E-state index contributed by atoms with van der Waals surface area (Å²) in [4.78, 5) is 28.6. The fourth-order valence-electron chi connectivity index (χ4n) is 3.43. The van der Waals surface area contributed by atoms with Crippen molar-refractivity contribution in [3.63, 3.8) is 0 Å². The zero-order chi connectivity index (χ0) is 21.4. The minimum atomic E-state index is -5.07. The molecule has 1 aromatic carbocycles. The van der Waals surface area contributed by atoms with E-state index in [0.717, 1.165) is 4.90 Å². The van der Waals surface area contributed by atoms with E-state index in [9.17, 15) is 32.3 Å². The second kappa shape index (κ2) is 7.58. The number of benzene rings is 1. The largest absolute Gasteiger partial charge is 0.426 e. The number of likely N-dealkylation sites (tertiary alicyclic amines) is 1. The lowest BCUT2D eigenvalue weighted by Crippen LogP contribution is -2.57. The number of rotatable bonds is 4. The van der Waals surface area contributed by atoms with E-state index in [2.05, 4.69) is 4.98 Å². The topological polar surface area (TPSA) is 75.4 Å². The normalized spacial score (nSPS) is 17.8. The summed E-state index contributed by atoms with van der Waals surface area (Å²) in [5, 5.41) is 9.61. The number of aromatic nitrogens is 2. The van der Waals surface area contributed by atoms with Crippen LogP contribution in [0.1, 0.15) is 42.0 Å². The number of carbonyl (C=O) groups excluding carboxylic acids is 2. The van der Waals surface area contributed by atoms with Crippen LogP contribution >= 0.6 is 0 Å². The third kappa shape index (κ3) is 3.89. The van der Waals surface area contributed by atoms with Crippen molar-refractivity contribution in [2.24, 2.45) is 0 Å². The predicted molar refractivity (Wildman–Crippen MR) is 94.1 cm³/mol. The number of hydrogen-bond donors (Lipinski definition) is 1. The average molecular weight is 413 g/mol. The summed E-state index contributed by atoms with van der Waals surface area (Å²) in [6, 6.07) is 5.47. The fourth-order valence-corrected chi connectivity index (χ4v) is 3.43. The van der Waals surface area contributed by atoms with E-state index in [4.69, 9.17) is 0 Å². The number of hydrogen-bond acceptors (Lipinski definition) is 4. The van der Waals surface area contributed by atoms with Crippen molar-refractivity contribution in [3.8, 4) is 5.69 Å². The third-order valence-corrected chi connectivity index (χ3v) is 5.18. The highest BCUT2D eigenvalue weighted by Gasteiger charge is 2.57. The first kappa shape index (κ1) is 21.0. The number of nitrogens with zero attached hydrogens (tertiary/aromatic N) is 3. The van der Waals surface area contributed by atoms with Crippen molar-refractivity contribution in [3.05, 3.63) is 47.8 Å². The molecule has 0 saturated carbocycles. The maximum Gasteiger partial charge on any atom is 0.426 e. The molecule has 6 nitrogen and oxygen atoms in total. The Balaban J connectivity index is 1.80. The van der Waals surface area contributed by atoms with Gasteiger partial charge in [0.15, 0.2) is 12.1 Å². The SMILES string of the molecule is C[C@@](O)(C(=O)N1CCC(c2cnc(C=O)n2-c2ccc(F)cc2)CC1)C(F)(F)F. The molecule has 1 aromatic heterocycles. The number of piperidine rings is 1. The van der Waals surface area contributed by atoms with Gasteiger partial charge in [0.2, 0.25) is 5.60 Å². The Bertz CT molecular complexity index is 898. The van der Waals surface area contributed by atoms with Crippen LogP contribution in [0.4, 0.5) is 17.6 Å². The van der Waals surface area contributed by atoms with Crippen LogP contribution in [0.3, 0.4) is 0 Å². The van der Waals surface area contributed by atoms with Crippen LogP contribution < -0.4 is 0 Å². The van der Waals surface area contributed by atoms with Gasteiger partial charge in [0.25, 0.3) is 5.91 Å². The van der Waals surface area contributed by atoms with Gasteiger partial charge in [-0.05, 0) is 44.0 Å². The van der Waals surface area contributed by atoms with Gasteiger partial charge in [-0.25, -0.2) is 9.37 Å². The van der Waals surface area contributed by atoms with Gasteiger partial charge in [-0.1, -0.05) is 0 Å². The third-order valence-electron chi connectivity index (χ3n) is 5.18. The molecular formula is C19H19F4N3O3. The molecule has 1 atom stereocenters. The molecule has 0 radical (unpaired) electrons. The van der Waals surface area contributed by atoms with Crippen molar-refractivity contribution in [2.45, 2.75) is 37.5 Å². The van der Waals surface area contributed by atoms with E-state index in [-0.39, 0.29) is 24.8 Å². The van der Waals surface area contributed by atoms with Gasteiger partial charge in [-0.2, -0.15) is 13.2 Å². The molecule has 3 rings (SSSR count). The zero-order valence-electron chi connectivity index (χ0n) is 15.5. The molecule has 29 heavy (non-hydrogen) atoms. The zero-order valence-corrected chi connectivity index (χ0v) is 15.5. The molecule has 156 valence electrons. The molecular weight excluding hydrogens is 394 g/mol. The van der Waals surface area contributed by atoms with Gasteiger partial charge in [0.1, 0.15) is 5.82 Å². The molecule has 1 N–H and O–H groups in total. The molecule has 0 unspecified atom stereocenters. The predicted octanol–water partition coefficient (Wildman–Crippen LogP) is 2.84. The number of aliphatic hydroxyl groups is 1. The molecule has 2 heterocycles. The number of halogens is 4. The van der Waals surface area contributed by atoms with Crippen LogP contribution in [0.25, 0.3) is 5.69 Å². The number of alkyl halides is 3. The number of amides is 1. The van der Waals surface area contributed by atoms with Crippen LogP contribution in [0.2, 0.25) is 0 Å². The maximum atomic E-state index is 13.2. The van der Waals surface area contributed by atoms with Crippen LogP contribution in [0.15, 0.2) is 30.5 Å². The molecule has 1 aliphatic heterocycles. The number of carbonyl (C=O) groups is 2. The van der Waals surface area contributed by atoms with E-state index in [1.54, 1.807) is 4.57 Å². The van der Waals surface area contributed by atoms with Crippen LogP contribution in [0.5, 0.6) is 0 Å². The van der Waals surface area contributed by atoms with E-state index in [1.807, 2.05) is 0 Å². The smallest absolute Gasteiger partial charge is 0.373 e. The lowest BCUT2D eigenvalue weighted by atomic mass is 9.92. The molecule has 1 fully saturated rings. The van der Waals surface area contributed by atoms with Crippen LogP contribution in [-0.4, -0.2) is 56.6 Å². The molecule has 2 aromatic rings. The minimum absolute atomic E-state index is 0.0146. The van der Waals surface area contributed by atoms with Gasteiger partial charge in [0.05, 0.1) is 0 Å². The van der Waals surface area contributed by atoms with Crippen LogP contribution in [0, 0.1) is 5.82 Å². The summed E-state index contributed by atoms with van der Waals surface area (Å²) < 4.78 is 53.6. The Hall–Kier alpha value is -2.75. The van der Waals surface area contributed by atoms with Crippen LogP contribution in [-0.2, 0) is 4.79 Å². The summed E-state index contributed by atoms with van der Waals surface area (Å²) in [5.74, 6) is -1.89. The van der Waals surface area contributed by atoms with Gasteiger partial charge >= 0.3 is 6.18 Å². The minimum Gasteiger partial charge on any atom is -0.373 e. The molecule has 0 aliphatic carbocycles. The quantitative estimate of drug-likeness (QED) is 0.618.